The maximum absolute atomic E-state index is 2.59. The maximum atomic E-state index is 2.59. The second-order valence-electron chi connectivity index (χ2n) is 5.70. The minimum atomic E-state index is 0.819. The van der Waals surface area contributed by atoms with Crippen molar-refractivity contribution >= 4 is 0 Å². The van der Waals surface area contributed by atoms with Crippen LogP contribution in [0.15, 0.2) is 0 Å². The number of rotatable bonds is 0. The molecule has 0 bridgehead atoms. The van der Waals surface area contributed by atoms with E-state index in [-0.39, 0.29) is 0 Å². The first-order valence-corrected chi connectivity index (χ1v) is 5.98. The van der Waals surface area contributed by atoms with E-state index in [2.05, 4.69) is 37.7 Å². The molecule has 2 aliphatic heterocycles. The first kappa shape index (κ1) is 10.4. The summed E-state index contributed by atoms with van der Waals surface area (Å²) >= 11 is 0. The minimum Gasteiger partial charge on any atom is -0.302 e. The van der Waals surface area contributed by atoms with E-state index in [0.717, 1.165) is 23.9 Å². The molecule has 4 atom stereocenters. The molecule has 0 spiro atoms. The van der Waals surface area contributed by atoms with Crippen LogP contribution in [-0.2, 0) is 0 Å². The molecule has 0 radical (unpaired) electrons. The molecule has 2 saturated heterocycles. The van der Waals surface area contributed by atoms with Crippen molar-refractivity contribution in [2.75, 3.05) is 27.2 Å². The fourth-order valence-corrected chi connectivity index (χ4v) is 3.49. The van der Waals surface area contributed by atoms with Gasteiger partial charge in [0, 0.05) is 25.2 Å². The maximum Gasteiger partial charge on any atom is 0.0251 e. The van der Waals surface area contributed by atoms with Gasteiger partial charge in [0.2, 0.25) is 0 Å². The number of piperidine rings is 2. The Morgan fingerprint density at radius 3 is 1.50 bits per heavy atom. The first-order valence-electron chi connectivity index (χ1n) is 5.98. The lowest BCUT2D eigenvalue weighted by Crippen LogP contribution is -2.59. The molecule has 0 unspecified atom stereocenters. The van der Waals surface area contributed by atoms with Gasteiger partial charge in [-0.25, -0.2) is 0 Å². The lowest BCUT2D eigenvalue weighted by atomic mass is 9.81. The van der Waals surface area contributed by atoms with Gasteiger partial charge in [-0.2, -0.15) is 0 Å². The number of likely N-dealkylation sites (tertiary alicyclic amines) is 2. The molecule has 2 nitrogen and oxygen atoms in total. The number of fused-ring (bicyclic) bond motifs is 1. The predicted molar refractivity (Wildman–Crippen MR) is 60.4 cm³/mol. The number of hydrogen-bond acceptors (Lipinski definition) is 2. The van der Waals surface area contributed by atoms with Gasteiger partial charge in [-0.1, -0.05) is 13.8 Å². The third kappa shape index (κ3) is 1.82. The molecule has 2 fully saturated rings. The zero-order chi connectivity index (χ0) is 10.3. The van der Waals surface area contributed by atoms with E-state index in [1.54, 1.807) is 0 Å². The molecule has 2 aliphatic rings. The van der Waals surface area contributed by atoms with Crippen LogP contribution in [0.5, 0.6) is 0 Å². The largest absolute Gasteiger partial charge is 0.302 e. The van der Waals surface area contributed by atoms with E-state index in [1.165, 1.54) is 25.9 Å². The van der Waals surface area contributed by atoms with Crippen molar-refractivity contribution in [1.29, 1.82) is 0 Å². The van der Waals surface area contributed by atoms with Crippen molar-refractivity contribution < 1.29 is 0 Å². The molecule has 2 heterocycles. The number of hydrogen-bond donors (Lipinski definition) is 0. The van der Waals surface area contributed by atoms with E-state index in [0.29, 0.717) is 0 Å². The van der Waals surface area contributed by atoms with Gasteiger partial charge in [0.15, 0.2) is 0 Å². The van der Waals surface area contributed by atoms with Crippen LogP contribution >= 0.6 is 0 Å². The number of likely N-dealkylation sites (N-methyl/N-ethyl adjacent to an activating group) is 2. The van der Waals surface area contributed by atoms with Crippen molar-refractivity contribution in [2.45, 2.75) is 38.8 Å². The molecule has 82 valence electrons. The Hall–Kier alpha value is -0.0800. The Balaban J connectivity index is 2.10. The predicted octanol–water partition coefficient (Wildman–Crippen LogP) is 1.67. The SMILES string of the molecule is C[C@@H]1C[C@@H]2[C@@H](C[C@@H](C)CN2C)N(C)C1. The Morgan fingerprint density at radius 2 is 1.14 bits per heavy atom. The van der Waals surface area contributed by atoms with Crippen molar-refractivity contribution in [3.05, 3.63) is 0 Å². The minimum absolute atomic E-state index is 0.819. The van der Waals surface area contributed by atoms with E-state index in [4.69, 9.17) is 0 Å². The van der Waals surface area contributed by atoms with Crippen LogP contribution in [0, 0.1) is 11.8 Å². The van der Waals surface area contributed by atoms with Crippen molar-refractivity contribution in [3.8, 4) is 0 Å². The van der Waals surface area contributed by atoms with Crippen LogP contribution < -0.4 is 0 Å². The highest BCUT2D eigenvalue weighted by Crippen LogP contribution is 2.32. The van der Waals surface area contributed by atoms with E-state index in [1.807, 2.05) is 0 Å². The summed E-state index contributed by atoms with van der Waals surface area (Å²) in [6, 6.07) is 1.64. The third-order valence-corrected chi connectivity index (χ3v) is 4.06. The molecule has 0 saturated carbocycles. The molecule has 2 heteroatoms. The molecule has 0 amide bonds. The quantitative estimate of drug-likeness (QED) is 0.581. The molecular weight excluding hydrogens is 172 g/mol. The fourth-order valence-electron chi connectivity index (χ4n) is 3.49. The van der Waals surface area contributed by atoms with Crippen molar-refractivity contribution in [1.82, 2.24) is 9.80 Å². The second-order valence-corrected chi connectivity index (χ2v) is 5.70. The van der Waals surface area contributed by atoms with Crippen LogP contribution in [0.2, 0.25) is 0 Å². The van der Waals surface area contributed by atoms with Gasteiger partial charge in [-0.05, 0) is 38.8 Å². The molecule has 0 N–H and O–H groups in total. The standard InChI is InChI=1S/C12H24N2/c1-9-5-11-12(13(3)7-9)6-10(2)8-14(11)4/h9-12H,5-8H2,1-4H3/t9-,10-,11-,12-/m1/s1. The highest BCUT2D eigenvalue weighted by molar-refractivity contribution is 4.95. The van der Waals surface area contributed by atoms with Gasteiger partial charge in [0.05, 0.1) is 0 Å². The second kappa shape index (κ2) is 3.82. The van der Waals surface area contributed by atoms with Gasteiger partial charge in [0.25, 0.3) is 0 Å². The highest BCUT2D eigenvalue weighted by atomic mass is 15.2. The Morgan fingerprint density at radius 1 is 0.786 bits per heavy atom. The molecule has 14 heavy (non-hydrogen) atoms. The lowest BCUT2D eigenvalue weighted by Gasteiger charge is -2.50. The van der Waals surface area contributed by atoms with Crippen LogP contribution in [0.25, 0.3) is 0 Å². The first-order chi connectivity index (χ1) is 6.58. The average molecular weight is 196 g/mol. The van der Waals surface area contributed by atoms with Gasteiger partial charge in [-0.15, -0.1) is 0 Å². The van der Waals surface area contributed by atoms with E-state index in [9.17, 15) is 0 Å². The summed E-state index contributed by atoms with van der Waals surface area (Å²) < 4.78 is 0. The van der Waals surface area contributed by atoms with E-state index < -0.39 is 0 Å². The molecule has 0 aromatic rings. The zero-order valence-corrected chi connectivity index (χ0v) is 10.0. The normalized spacial score (nSPS) is 46.3. The lowest BCUT2D eigenvalue weighted by molar-refractivity contribution is -0.00547. The van der Waals surface area contributed by atoms with Gasteiger partial charge in [-0.3, -0.25) is 0 Å². The summed E-state index contributed by atoms with van der Waals surface area (Å²) in [5.74, 6) is 1.74. The summed E-state index contributed by atoms with van der Waals surface area (Å²) in [4.78, 5) is 5.18. The monoisotopic (exact) mass is 196 g/mol. The third-order valence-electron chi connectivity index (χ3n) is 4.06. The highest BCUT2D eigenvalue weighted by Gasteiger charge is 2.38. The molecular formula is C12H24N2. The molecule has 0 aliphatic carbocycles. The van der Waals surface area contributed by atoms with Crippen LogP contribution in [0.3, 0.4) is 0 Å². The van der Waals surface area contributed by atoms with Gasteiger partial charge >= 0.3 is 0 Å². The summed E-state index contributed by atoms with van der Waals surface area (Å²) in [5.41, 5.74) is 0. The van der Waals surface area contributed by atoms with Crippen molar-refractivity contribution in [2.24, 2.45) is 11.8 Å². The summed E-state index contributed by atoms with van der Waals surface area (Å²) in [7, 11) is 4.61. The van der Waals surface area contributed by atoms with Crippen LogP contribution in [0.4, 0.5) is 0 Å². The average Bonchev–Trinajstić information content (AvgIpc) is 2.07. The fraction of sp³-hybridized carbons (Fsp3) is 1.00. The molecule has 0 aromatic heterocycles. The summed E-state index contributed by atoms with van der Waals surface area (Å²) in [6.07, 6.45) is 2.80. The van der Waals surface area contributed by atoms with Crippen LogP contribution in [0.1, 0.15) is 26.7 Å². The molecule has 0 aromatic carbocycles. The Kier molecular flexibility index (Phi) is 2.85. The van der Waals surface area contributed by atoms with Crippen molar-refractivity contribution in [3.63, 3.8) is 0 Å². The summed E-state index contributed by atoms with van der Waals surface area (Å²) in [6.45, 7) is 7.36. The topological polar surface area (TPSA) is 6.48 Å². The smallest absolute Gasteiger partial charge is 0.0251 e. The zero-order valence-electron chi connectivity index (χ0n) is 10.0. The Labute approximate surface area is 88.3 Å². The number of nitrogens with zero attached hydrogens (tertiary/aromatic N) is 2. The molecule has 2 rings (SSSR count). The summed E-state index contributed by atoms with van der Waals surface area (Å²) in [5, 5.41) is 0. The van der Waals surface area contributed by atoms with Gasteiger partial charge < -0.3 is 9.80 Å². The van der Waals surface area contributed by atoms with Crippen LogP contribution in [-0.4, -0.2) is 49.1 Å². The van der Waals surface area contributed by atoms with Gasteiger partial charge in [0.1, 0.15) is 0 Å². The Bertz CT molecular complexity index is 182. The van der Waals surface area contributed by atoms with E-state index >= 15 is 0 Å².